The fourth-order valence-corrected chi connectivity index (χ4v) is 4.92. The summed E-state index contributed by atoms with van der Waals surface area (Å²) >= 11 is 0. The second-order valence-corrected chi connectivity index (χ2v) is 7.52. The van der Waals surface area contributed by atoms with Gasteiger partial charge in [0.05, 0.1) is 5.92 Å². The molecule has 0 radical (unpaired) electrons. The molecule has 1 heterocycles. The third-order valence-electron chi connectivity index (χ3n) is 6.22. The Morgan fingerprint density at radius 3 is 2.60 bits per heavy atom. The van der Waals surface area contributed by atoms with Crippen LogP contribution in [-0.4, -0.2) is 36.5 Å². The highest BCUT2D eigenvalue weighted by atomic mass is 35.5. The fourth-order valence-electron chi connectivity index (χ4n) is 4.92. The van der Waals surface area contributed by atoms with Crippen LogP contribution in [0.4, 0.5) is 0 Å². The highest BCUT2D eigenvalue weighted by molar-refractivity contribution is 5.85. The van der Waals surface area contributed by atoms with E-state index in [9.17, 15) is 4.79 Å². The van der Waals surface area contributed by atoms with Gasteiger partial charge in [0.1, 0.15) is 0 Å². The average Bonchev–Trinajstić information content (AvgIpc) is 3.15. The summed E-state index contributed by atoms with van der Waals surface area (Å²) in [6.07, 6.45) is 4.70. The minimum absolute atomic E-state index is 0. The lowest BCUT2D eigenvalue weighted by Crippen LogP contribution is -2.47. The van der Waals surface area contributed by atoms with Gasteiger partial charge in [-0.3, -0.25) is 9.69 Å². The number of hydrogen-bond acceptors (Lipinski definition) is 3. The molecule has 2 bridgehead atoms. The van der Waals surface area contributed by atoms with Crippen molar-refractivity contribution in [3.63, 3.8) is 0 Å². The minimum Gasteiger partial charge on any atom is -0.355 e. The predicted molar refractivity (Wildman–Crippen MR) is 105 cm³/mol. The van der Waals surface area contributed by atoms with E-state index in [0.29, 0.717) is 11.8 Å². The third kappa shape index (κ3) is 4.13. The van der Waals surface area contributed by atoms with Crippen LogP contribution in [-0.2, 0) is 17.8 Å². The van der Waals surface area contributed by atoms with Crippen LogP contribution < -0.4 is 11.1 Å². The van der Waals surface area contributed by atoms with Crippen molar-refractivity contribution in [1.82, 2.24) is 10.2 Å². The van der Waals surface area contributed by atoms with E-state index in [1.165, 1.54) is 30.4 Å². The van der Waals surface area contributed by atoms with Crippen molar-refractivity contribution in [2.75, 3.05) is 19.6 Å². The van der Waals surface area contributed by atoms with Gasteiger partial charge in [0.15, 0.2) is 0 Å². The van der Waals surface area contributed by atoms with E-state index in [2.05, 4.69) is 34.5 Å². The van der Waals surface area contributed by atoms with Crippen molar-refractivity contribution in [2.24, 2.45) is 23.5 Å². The van der Waals surface area contributed by atoms with Crippen LogP contribution >= 0.6 is 24.8 Å². The van der Waals surface area contributed by atoms with Crippen LogP contribution in [0.5, 0.6) is 0 Å². The minimum atomic E-state index is 0. The number of carbonyl (C=O) groups excluding carboxylic acids is 1. The summed E-state index contributed by atoms with van der Waals surface area (Å²) in [7, 11) is 0. The molecule has 4 nitrogen and oxygen atoms in total. The van der Waals surface area contributed by atoms with E-state index in [0.717, 1.165) is 32.6 Å². The van der Waals surface area contributed by atoms with Gasteiger partial charge in [0.25, 0.3) is 0 Å². The quantitative estimate of drug-likeness (QED) is 0.836. The van der Waals surface area contributed by atoms with Crippen molar-refractivity contribution in [1.29, 1.82) is 0 Å². The molecular weight excluding hydrogens is 357 g/mol. The lowest BCUT2D eigenvalue weighted by Gasteiger charge is -2.30. The first-order chi connectivity index (χ1) is 11.2. The van der Waals surface area contributed by atoms with Gasteiger partial charge in [-0.25, -0.2) is 0 Å². The molecule has 3 N–H and O–H groups in total. The molecule has 2 saturated carbocycles. The molecule has 4 unspecified atom stereocenters. The molecular formula is C19H29Cl2N3O. The second-order valence-electron chi connectivity index (χ2n) is 7.52. The molecule has 1 amide bonds. The maximum Gasteiger partial charge on any atom is 0.225 e. The maximum absolute atomic E-state index is 12.5. The largest absolute Gasteiger partial charge is 0.355 e. The molecule has 3 aliphatic rings. The number of nitrogens with zero attached hydrogens (tertiary/aromatic N) is 1. The smallest absolute Gasteiger partial charge is 0.225 e. The van der Waals surface area contributed by atoms with E-state index in [4.69, 9.17) is 5.73 Å². The number of nitrogens with one attached hydrogen (secondary N) is 1. The summed E-state index contributed by atoms with van der Waals surface area (Å²) in [5.74, 6) is 1.39. The normalized spacial score (nSPS) is 30.1. The number of halogens is 2. The molecule has 2 aliphatic carbocycles. The number of nitrogens with two attached hydrogens (primary N) is 1. The predicted octanol–water partition coefficient (Wildman–Crippen LogP) is 2.38. The zero-order chi connectivity index (χ0) is 15.8. The fraction of sp³-hybridized carbons (Fsp3) is 0.632. The molecule has 0 spiro atoms. The molecule has 1 aromatic rings. The van der Waals surface area contributed by atoms with Crippen molar-refractivity contribution < 1.29 is 4.79 Å². The molecule has 140 valence electrons. The van der Waals surface area contributed by atoms with Crippen LogP contribution in [0.25, 0.3) is 0 Å². The van der Waals surface area contributed by atoms with Crippen molar-refractivity contribution in [3.8, 4) is 0 Å². The summed E-state index contributed by atoms with van der Waals surface area (Å²) in [5, 5.41) is 3.15. The molecule has 4 atom stereocenters. The van der Waals surface area contributed by atoms with E-state index in [1.807, 2.05) is 0 Å². The van der Waals surface area contributed by atoms with Gasteiger partial charge >= 0.3 is 0 Å². The van der Waals surface area contributed by atoms with Crippen LogP contribution in [0.1, 0.15) is 30.4 Å². The summed E-state index contributed by atoms with van der Waals surface area (Å²) in [5.41, 5.74) is 9.17. The highest BCUT2D eigenvalue weighted by Gasteiger charge is 2.48. The Morgan fingerprint density at radius 1 is 1.16 bits per heavy atom. The Labute approximate surface area is 162 Å². The van der Waals surface area contributed by atoms with Gasteiger partial charge in [-0.2, -0.15) is 0 Å². The van der Waals surface area contributed by atoms with E-state index < -0.39 is 0 Å². The van der Waals surface area contributed by atoms with E-state index >= 15 is 0 Å². The van der Waals surface area contributed by atoms with Crippen LogP contribution in [0.2, 0.25) is 0 Å². The van der Waals surface area contributed by atoms with Gasteiger partial charge in [-0.05, 0) is 48.6 Å². The number of fused-ring (bicyclic) bond motifs is 3. The van der Waals surface area contributed by atoms with Crippen molar-refractivity contribution in [2.45, 2.75) is 38.3 Å². The van der Waals surface area contributed by atoms with Crippen molar-refractivity contribution in [3.05, 3.63) is 35.4 Å². The Morgan fingerprint density at radius 2 is 1.88 bits per heavy atom. The molecule has 25 heavy (non-hydrogen) atoms. The first-order valence-corrected chi connectivity index (χ1v) is 9.05. The number of carbonyl (C=O) groups is 1. The average molecular weight is 386 g/mol. The lowest BCUT2D eigenvalue weighted by atomic mass is 9.84. The second kappa shape index (κ2) is 8.72. The summed E-state index contributed by atoms with van der Waals surface area (Å²) in [6, 6.07) is 8.77. The molecule has 4 rings (SSSR count). The Hall–Kier alpha value is -0.810. The molecule has 2 fully saturated rings. The molecule has 6 heteroatoms. The van der Waals surface area contributed by atoms with Crippen molar-refractivity contribution >= 4 is 30.7 Å². The first-order valence-electron chi connectivity index (χ1n) is 9.05. The number of rotatable bonds is 4. The van der Waals surface area contributed by atoms with Gasteiger partial charge in [0, 0.05) is 32.2 Å². The Bertz CT molecular complexity index is 596. The number of benzene rings is 1. The molecule has 0 saturated heterocycles. The summed E-state index contributed by atoms with van der Waals surface area (Å²) < 4.78 is 0. The Balaban J connectivity index is 0.00000113. The zero-order valence-corrected chi connectivity index (χ0v) is 16.2. The Kier molecular flexibility index (Phi) is 7.15. The van der Waals surface area contributed by atoms with Crippen LogP contribution in [0.15, 0.2) is 24.3 Å². The monoisotopic (exact) mass is 385 g/mol. The van der Waals surface area contributed by atoms with Crippen LogP contribution in [0.3, 0.4) is 0 Å². The lowest BCUT2D eigenvalue weighted by molar-refractivity contribution is -0.127. The van der Waals surface area contributed by atoms with Crippen LogP contribution in [0, 0.1) is 17.8 Å². The van der Waals surface area contributed by atoms with Gasteiger partial charge in [-0.15, -0.1) is 24.8 Å². The summed E-state index contributed by atoms with van der Waals surface area (Å²) in [4.78, 5) is 14.9. The molecule has 1 aromatic carbocycles. The van der Waals surface area contributed by atoms with Gasteiger partial charge < -0.3 is 11.1 Å². The number of hydrogen-bond donors (Lipinski definition) is 2. The number of amides is 1. The summed E-state index contributed by atoms with van der Waals surface area (Å²) in [6.45, 7) is 3.75. The third-order valence-corrected chi connectivity index (χ3v) is 6.22. The standard InChI is InChI=1S/C19H27N3O.2ClH/c20-18-15-6-5-14(11-15)17(18)19(23)21-8-10-22-9-7-13-3-1-2-4-16(13)12-22;;/h1-4,14-15,17-18H,5-12,20H2,(H,21,23);2*1H. The van der Waals surface area contributed by atoms with Gasteiger partial charge in [-0.1, -0.05) is 24.3 Å². The molecule has 0 aromatic heterocycles. The maximum atomic E-state index is 12.5. The first kappa shape index (κ1) is 20.5. The zero-order valence-electron chi connectivity index (χ0n) is 14.5. The van der Waals surface area contributed by atoms with E-state index in [1.54, 1.807) is 0 Å². The SMILES string of the molecule is Cl.Cl.NC1C2CCC(C2)C1C(=O)NCCN1CCc2ccccc2C1. The molecule has 1 aliphatic heterocycles. The van der Waals surface area contributed by atoms with Gasteiger partial charge in [0.2, 0.25) is 5.91 Å². The topological polar surface area (TPSA) is 58.4 Å². The van der Waals surface area contributed by atoms with E-state index in [-0.39, 0.29) is 42.7 Å². The highest BCUT2D eigenvalue weighted by Crippen LogP contribution is 2.47.